The SMILES string of the molecule is CC1CCN(c2ccc(C=O)nn2)CC1. The minimum Gasteiger partial charge on any atom is -0.355 e. The van der Waals surface area contributed by atoms with Crippen molar-refractivity contribution >= 4 is 12.1 Å². The quantitative estimate of drug-likeness (QED) is 0.687. The Balaban J connectivity index is 2.06. The monoisotopic (exact) mass is 205 g/mol. The van der Waals surface area contributed by atoms with Crippen molar-refractivity contribution in [2.24, 2.45) is 5.92 Å². The fraction of sp³-hybridized carbons (Fsp3) is 0.545. The van der Waals surface area contributed by atoms with E-state index in [1.807, 2.05) is 6.07 Å². The Morgan fingerprint density at radius 2 is 2.07 bits per heavy atom. The molecule has 1 fully saturated rings. The van der Waals surface area contributed by atoms with Crippen LogP contribution in [0.5, 0.6) is 0 Å². The number of hydrogen-bond donors (Lipinski definition) is 0. The van der Waals surface area contributed by atoms with Gasteiger partial charge in [-0.2, -0.15) is 0 Å². The minimum atomic E-state index is 0.393. The van der Waals surface area contributed by atoms with Crippen molar-refractivity contribution in [3.63, 3.8) is 0 Å². The van der Waals surface area contributed by atoms with Gasteiger partial charge in [0.25, 0.3) is 0 Å². The summed E-state index contributed by atoms with van der Waals surface area (Å²) in [5, 5.41) is 7.87. The van der Waals surface area contributed by atoms with Gasteiger partial charge < -0.3 is 4.90 Å². The molecule has 1 aromatic rings. The first-order valence-electron chi connectivity index (χ1n) is 5.33. The molecule has 0 radical (unpaired) electrons. The molecule has 1 aromatic heterocycles. The number of carbonyl (C=O) groups is 1. The molecule has 4 heteroatoms. The van der Waals surface area contributed by atoms with Gasteiger partial charge in [0.15, 0.2) is 12.1 Å². The van der Waals surface area contributed by atoms with Gasteiger partial charge in [0.1, 0.15) is 5.69 Å². The molecule has 0 amide bonds. The summed E-state index contributed by atoms with van der Waals surface area (Å²) in [7, 11) is 0. The summed E-state index contributed by atoms with van der Waals surface area (Å²) in [6.45, 7) is 4.35. The van der Waals surface area contributed by atoms with Gasteiger partial charge in [-0.25, -0.2) is 0 Å². The highest BCUT2D eigenvalue weighted by Gasteiger charge is 2.16. The normalized spacial score (nSPS) is 17.8. The second kappa shape index (κ2) is 4.38. The number of hydrogen-bond acceptors (Lipinski definition) is 4. The molecule has 0 aliphatic carbocycles. The zero-order valence-corrected chi connectivity index (χ0v) is 8.89. The molecular weight excluding hydrogens is 190 g/mol. The molecule has 1 aliphatic rings. The topological polar surface area (TPSA) is 46.1 Å². The predicted molar refractivity (Wildman–Crippen MR) is 58.0 cm³/mol. The average molecular weight is 205 g/mol. The fourth-order valence-corrected chi connectivity index (χ4v) is 1.80. The van der Waals surface area contributed by atoms with Crippen LogP contribution < -0.4 is 4.90 Å². The van der Waals surface area contributed by atoms with Gasteiger partial charge in [0.2, 0.25) is 0 Å². The molecular formula is C11H15N3O. The zero-order chi connectivity index (χ0) is 10.7. The molecule has 2 heterocycles. The van der Waals surface area contributed by atoms with E-state index in [0.717, 1.165) is 31.1 Å². The Morgan fingerprint density at radius 1 is 1.33 bits per heavy atom. The first-order valence-corrected chi connectivity index (χ1v) is 5.33. The lowest BCUT2D eigenvalue weighted by atomic mass is 9.99. The van der Waals surface area contributed by atoms with Gasteiger partial charge in [-0.3, -0.25) is 4.79 Å². The maximum atomic E-state index is 10.4. The molecule has 0 atom stereocenters. The standard InChI is InChI=1S/C11H15N3O/c1-9-4-6-14(7-5-9)11-3-2-10(8-15)12-13-11/h2-3,8-9H,4-7H2,1H3. The van der Waals surface area contributed by atoms with E-state index in [1.54, 1.807) is 6.07 Å². The van der Waals surface area contributed by atoms with Crippen LogP contribution in [0.25, 0.3) is 0 Å². The number of rotatable bonds is 2. The first kappa shape index (κ1) is 10.1. The summed E-state index contributed by atoms with van der Waals surface area (Å²) < 4.78 is 0. The van der Waals surface area contributed by atoms with Crippen LogP contribution in [-0.2, 0) is 0 Å². The van der Waals surface area contributed by atoms with Gasteiger partial charge >= 0.3 is 0 Å². The van der Waals surface area contributed by atoms with Gasteiger partial charge in [0.05, 0.1) is 0 Å². The molecule has 0 N–H and O–H groups in total. The lowest BCUT2D eigenvalue weighted by Gasteiger charge is -2.30. The number of aldehydes is 1. The van der Waals surface area contributed by atoms with Gasteiger partial charge in [-0.05, 0) is 30.9 Å². The second-order valence-electron chi connectivity index (χ2n) is 4.10. The first-order chi connectivity index (χ1) is 7.29. The fourth-order valence-electron chi connectivity index (χ4n) is 1.80. The Bertz CT molecular complexity index is 328. The Kier molecular flexibility index (Phi) is 2.94. The van der Waals surface area contributed by atoms with E-state index >= 15 is 0 Å². The highest BCUT2D eigenvalue weighted by Crippen LogP contribution is 2.20. The highest BCUT2D eigenvalue weighted by molar-refractivity contribution is 5.71. The van der Waals surface area contributed by atoms with Crippen molar-refractivity contribution < 1.29 is 4.79 Å². The zero-order valence-electron chi connectivity index (χ0n) is 8.89. The largest absolute Gasteiger partial charge is 0.355 e. The van der Waals surface area contributed by atoms with Crippen LogP contribution in [0.15, 0.2) is 12.1 Å². The van der Waals surface area contributed by atoms with Crippen molar-refractivity contribution in [2.45, 2.75) is 19.8 Å². The second-order valence-corrected chi connectivity index (χ2v) is 4.10. The van der Waals surface area contributed by atoms with E-state index in [1.165, 1.54) is 12.8 Å². The van der Waals surface area contributed by atoms with Gasteiger partial charge in [-0.1, -0.05) is 6.92 Å². The summed E-state index contributed by atoms with van der Waals surface area (Å²) in [6, 6.07) is 3.58. The van der Waals surface area contributed by atoms with Crippen LogP contribution in [0, 0.1) is 5.92 Å². The highest BCUT2D eigenvalue weighted by atomic mass is 16.1. The molecule has 1 saturated heterocycles. The smallest absolute Gasteiger partial charge is 0.170 e. The molecule has 0 spiro atoms. The van der Waals surface area contributed by atoms with Crippen molar-refractivity contribution in [3.05, 3.63) is 17.8 Å². The van der Waals surface area contributed by atoms with Crippen molar-refractivity contribution in [2.75, 3.05) is 18.0 Å². The summed E-state index contributed by atoms with van der Waals surface area (Å²) in [4.78, 5) is 12.6. The van der Waals surface area contributed by atoms with E-state index in [4.69, 9.17) is 0 Å². The Morgan fingerprint density at radius 3 is 2.60 bits per heavy atom. The van der Waals surface area contributed by atoms with Crippen LogP contribution in [0.3, 0.4) is 0 Å². The van der Waals surface area contributed by atoms with E-state index in [9.17, 15) is 4.79 Å². The van der Waals surface area contributed by atoms with E-state index in [-0.39, 0.29) is 0 Å². The third-order valence-electron chi connectivity index (χ3n) is 2.90. The molecule has 0 unspecified atom stereocenters. The molecule has 0 saturated carbocycles. The van der Waals surface area contributed by atoms with E-state index in [2.05, 4.69) is 22.0 Å². The Hall–Kier alpha value is -1.45. The van der Waals surface area contributed by atoms with Crippen LogP contribution in [0.1, 0.15) is 30.3 Å². The van der Waals surface area contributed by atoms with E-state index < -0.39 is 0 Å². The molecule has 15 heavy (non-hydrogen) atoms. The summed E-state index contributed by atoms with van der Waals surface area (Å²) in [5.74, 6) is 1.69. The third kappa shape index (κ3) is 2.32. The van der Waals surface area contributed by atoms with E-state index in [0.29, 0.717) is 5.69 Å². The lowest BCUT2D eigenvalue weighted by Crippen LogP contribution is -2.33. The van der Waals surface area contributed by atoms with Crippen LogP contribution >= 0.6 is 0 Å². The van der Waals surface area contributed by atoms with Crippen molar-refractivity contribution in [3.8, 4) is 0 Å². The minimum absolute atomic E-state index is 0.393. The molecule has 0 bridgehead atoms. The maximum absolute atomic E-state index is 10.4. The average Bonchev–Trinajstić information content (AvgIpc) is 2.30. The van der Waals surface area contributed by atoms with Crippen LogP contribution in [0.2, 0.25) is 0 Å². The summed E-state index contributed by atoms with van der Waals surface area (Å²) in [6.07, 6.45) is 3.13. The van der Waals surface area contributed by atoms with Crippen LogP contribution in [-0.4, -0.2) is 29.6 Å². The summed E-state index contributed by atoms with van der Waals surface area (Å²) in [5.41, 5.74) is 0.393. The molecule has 0 aromatic carbocycles. The van der Waals surface area contributed by atoms with Gasteiger partial charge in [0, 0.05) is 13.1 Å². The lowest BCUT2D eigenvalue weighted by molar-refractivity contribution is 0.111. The Labute approximate surface area is 89.3 Å². The third-order valence-corrected chi connectivity index (χ3v) is 2.90. The van der Waals surface area contributed by atoms with Crippen molar-refractivity contribution in [1.29, 1.82) is 0 Å². The summed E-state index contributed by atoms with van der Waals surface area (Å²) >= 11 is 0. The number of carbonyl (C=O) groups excluding carboxylic acids is 1. The molecule has 80 valence electrons. The van der Waals surface area contributed by atoms with Crippen molar-refractivity contribution in [1.82, 2.24) is 10.2 Å². The number of nitrogens with zero attached hydrogens (tertiary/aromatic N) is 3. The number of aromatic nitrogens is 2. The molecule has 4 nitrogen and oxygen atoms in total. The van der Waals surface area contributed by atoms with Gasteiger partial charge in [-0.15, -0.1) is 10.2 Å². The molecule has 2 rings (SSSR count). The number of piperidine rings is 1. The number of anilines is 1. The molecule has 1 aliphatic heterocycles. The predicted octanol–water partition coefficient (Wildman–Crippen LogP) is 1.53. The maximum Gasteiger partial charge on any atom is 0.170 e. The van der Waals surface area contributed by atoms with Crippen LogP contribution in [0.4, 0.5) is 5.82 Å².